The van der Waals surface area contributed by atoms with E-state index in [1.807, 2.05) is 16.8 Å². The number of halogens is 1. The summed E-state index contributed by atoms with van der Waals surface area (Å²) in [5, 5.41) is 12.3. The standard InChI is InChI=1S/C12H14ClN5OS2/c1-17(6-9-4-5-10(13)21-9)11(19)7-20-12-14-15-16-18(12)8-2-3-8/h4-5,8H,2-3,6-7H2,1H3. The Labute approximate surface area is 135 Å². The van der Waals surface area contributed by atoms with E-state index in [0.717, 1.165) is 27.2 Å². The van der Waals surface area contributed by atoms with Crippen molar-refractivity contribution in [3.63, 3.8) is 0 Å². The molecule has 0 bridgehead atoms. The highest BCUT2D eigenvalue weighted by Crippen LogP contribution is 2.36. The fraction of sp³-hybridized carbons (Fsp3) is 0.500. The smallest absolute Gasteiger partial charge is 0.233 e. The zero-order valence-corrected chi connectivity index (χ0v) is 13.8. The molecule has 0 spiro atoms. The van der Waals surface area contributed by atoms with Crippen molar-refractivity contribution in [2.24, 2.45) is 0 Å². The van der Waals surface area contributed by atoms with Gasteiger partial charge in [-0.1, -0.05) is 23.4 Å². The van der Waals surface area contributed by atoms with Gasteiger partial charge in [0.2, 0.25) is 11.1 Å². The van der Waals surface area contributed by atoms with E-state index >= 15 is 0 Å². The van der Waals surface area contributed by atoms with Crippen LogP contribution in [0, 0.1) is 0 Å². The Morgan fingerprint density at radius 3 is 3.05 bits per heavy atom. The second-order valence-corrected chi connectivity index (χ2v) is 7.62. The molecule has 0 aromatic carbocycles. The molecule has 112 valence electrons. The van der Waals surface area contributed by atoms with E-state index < -0.39 is 0 Å². The van der Waals surface area contributed by atoms with Gasteiger partial charge in [-0.15, -0.1) is 16.4 Å². The lowest BCUT2D eigenvalue weighted by Crippen LogP contribution is -2.27. The maximum atomic E-state index is 12.1. The third kappa shape index (κ3) is 3.75. The van der Waals surface area contributed by atoms with Gasteiger partial charge in [0.25, 0.3) is 0 Å². The number of rotatable bonds is 6. The summed E-state index contributed by atoms with van der Waals surface area (Å²) < 4.78 is 2.56. The van der Waals surface area contributed by atoms with Crippen LogP contribution in [0.2, 0.25) is 4.34 Å². The number of tetrazole rings is 1. The zero-order valence-electron chi connectivity index (χ0n) is 11.4. The number of aromatic nitrogens is 4. The van der Waals surface area contributed by atoms with Crippen LogP contribution >= 0.6 is 34.7 Å². The van der Waals surface area contributed by atoms with Crippen molar-refractivity contribution in [1.82, 2.24) is 25.1 Å². The summed E-state index contributed by atoms with van der Waals surface area (Å²) in [6.45, 7) is 0.574. The lowest BCUT2D eigenvalue weighted by Gasteiger charge is -2.15. The Morgan fingerprint density at radius 2 is 2.38 bits per heavy atom. The minimum Gasteiger partial charge on any atom is -0.340 e. The van der Waals surface area contributed by atoms with E-state index in [2.05, 4.69) is 15.5 Å². The Hall–Kier alpha value is -1.12. The maximum Gasteiger partial charge on any atom is 0.233 e. The summed E-state index contributed by atoms with van der Waals surface area (Å²) in [6.07, 6.45) is 2.23. The van der Waals surface area contributed by atoms with Crippen molar-refractivity contribution in [3.05, 3.63) is 21.3 Å². The van der Waals surface area contributed by atoms with E-state index in [-0.39, 0.29) is 5.91 Å². The van der Waals surface area contributed by atoms with Crippen LogP contribution in [-0.2, 0) is 11.3 Å². The molecule has 1 amide bonds. The topological polar surface area (TPSA) is 63.9 Å². The molecule has 0 saturated heterocycles. The number of hydrogen-bond acceptors (Lipinski definition) is 6. The summed E-state index contributed by atoms with van der Waals surface area (Å²) >= 11 is 8.77. The largest absolute Gasteiger partial charge is 0.340 e. The second-order valence-electron chi connectivity index (χ2n) is 4.88. The van der Waals surface area contributed by atoms with E-state index in [4.69, 9.17) is 11.6 Å². The lowest BCUT2D eigenvalue weighted by molar-refractivity contribution is -0.127. The van der Waals surface area contributed by atoms with Gasteiger partial charge < -0.3 is 4.90 Å². The van der Waals surface area contributed by atoms with E-state index in [9.17, 15) is 4.79 Å². The molecule has 1 saturated carbocycles. The number of thiophene rings is 1. The third-order valence-electron chi connectivity index (χ3n) is 3.13. The number of hydrogen-bond donors (Lipinski definition) is 0. The first-order valence-corrected chi connectivity index (χ1v) is 8.70. The van der Waals surface area contributed by atoms with Crippen LogP contribution in [0.15, 0.2) is 17.3 Å². The summed E-state index contributed by atoms with van der Waals surface area (Å²) in [4.78, 5) is 14.9. The Balaban J connectivity index is 1.52. The molecule has 0 radical (unpaired) electrons. The van der Waals surface area contributed by atoms with Crippen LogP contribution in [0.5, 0.6) is 0 Å². The SMILES string of the molecule is CN(Cc1ccc(Cl)s1)C(=O)CSc1nnnn1C1CC1. The average molecular weight is 344 g/mol. The first-order chi connectivity index (χ1) is 10.1. The molecule has 1 fully saturated rings. The minimum atomic E-state index is 0.0508. The van der Waals surface area contributed by atoms with Crippen molar-refractivity contribution in [2.75, 3.05) is 12.8 Å². The van der Waals surface area contributed by atoms with Crippen LogP contribution in [0.4, 0.5) is 0 Å². The predicted octanol–water partition coefficient (Wildman–Crippen LogP) is 2.47. The van der Waals surface area contributed by atoms with Crippen molar-refractivity contribution in [3.8, 4) is 0 Å². The zero-order chi connectivity index (χ0) is 14.8. The van der Waals surface area contributed by atoms with Crippen LogP contribution in [0.1, 0.15) is 23.8 Å². The number of thioether (sulfide) groups is 1. The van der Waals surface area contributed by atoms with E-state index in [1.165, 1.54) is 23.1 Å². The molecule has 0 aliphatic heterocycles. The van der Waals surface area contributed by atoms with Gasteiger partial charge in [0, 0.05) is 11.9 Å². The van der Waals surface area contributed by atoms with E-state index in [1.54, 1.807) is 11.9 Å². The van der Waals surface area contributed by atoms with Crippen LogP contribution in [0.25, 0.3) is 0 Å². The molecular weight excluding hydrogens is 330 g/mol. The van der Waals surface area contributed by atoms with Gasteiger partial charge in [0.15, 0.2) is 0 Å². The van der Waals surface area contributed by atoms with Gasteiger partial charge >= 0.3 is 0 Å². The summed E-state index contributed by atoms with van der Waals surface area (Å²) in [5.74, 6) is 0.387. The fourth-order valence-corrected chi connectivity index (χ4v) is 3.85. The molecule has 2 heterocycles. The lowest BCUT2D eigenvalue weighted by atomic mass is 10.4. The number of carbonyl (C=O) groups is 1. The highest BCUT2D eigenvalue weighted by molar-refractivity contribution is 7.99. The molecular formula is C12H14ClN5OS2. The normalized spacial score (nSPS) is 14.4. The highest BCUT2D eigenvalue weighted by atomic mass is 35.5. The summed E-state index contributed by atoms with van der Waals surface area (Å²) in [7, 11) is 1.79. The van der Waals surface area contributed by atoms with Gasteiger partial charge in [0.05, 0.1) is 22.7 Å². The monoisotopic (exact) mass is 343 g/mol. The maximum absolute atomic E-state index is 12.1. The Kier molecular flexibility index (Phi) is 4.46. The van der Waals surface area contributed by atoms with Gasteiger partial charge in [-0.3, -0.25) is 4.79 Å². The fourth-order valence-electron chi connectivity index (χ4n) is 1.82. The summed E-state index contributed by atoms with van der Waals surface area (Å²) in [6, 6.07) is 4.21. The third-order valence-corrected chi connectivity index (χ3v) is 5.26. The van der Waals surface area contributed by atoms with Crippen LogP contribution in [-0.4, -0.2) is 43.8 Å². The second kappa shape index (κ2) is 6.33. The number of nitrogens with zero attached hydrogens (tertiary/aromatic N) is 5. The molecule has 21 heavy (non-hydrogen) atoms. The Morgan fingerprint density at radius 1 is 1.57 bits per heavy atom. The minimum absolute atomic E-state index is 0.0508. The first-order valence-electron chi connectivity index (χ1n) is 6.52. The van der Waals surface area contributed by atoms with Gasteiger partial charge in [-0.05, 0) is 35.4 Å². The van der Waals surface area contributed by atoms with Gasteiger partial charge in [-0.2, -0.15) is 0 Å². The molecule has 0 atom stereocenters. The highest BCUT2D eigenvalue weighted by Gasteiger charge is 2.28. The molecule has 6 nitrogen and oxygen atoms in total. The molecule has 3 rings (SSSR count). The molecule has 1 aliphatic carbocycles. The first kappa shape index (κ1) is 14.8. The Bertz CT molecular complexity index is 639. The quantitative estimate of drug-likeness (QED) is 0.754. The number of amides is 1. The van der Waals surface area contributed by atoms with Crippen molar-refractivity contribution in [1.29, 1.82) is 0 Å². The van der Waals surface area contributed by atoms with Crippen LogP contribution in [0.3, 0.4) is 0 Å². The molecule has 2 aromatic rings. The molecule has 2 aromatic heterocycles. The number of carbonyl (C=O) groups excluding carboxylic acids is 1. The predicted molar refractivity (Wildman–Crippen MR) is 82.6 cm³/mol. The van der Waals surface area contributed by atoms with Gasteiger partial charge in [-0.25, -0.2) is 4.68 Å². The molecule has 0 unspecified atom stereocenters. The van der Waals surface area contributed by atoms with E-state index in [0.29, 0.717) is 18.3 Å². The molecule has 0 N–H and O–H groups in total. The summed E-state index contributed by atoms with van der Waals surface area (Å²) in [5.41, 5.74) is 0. The van der Waals surface area contributed by atoms with Crippen molar-refractivity contribution >= 4 is 40.6 Å². The van der Waals surface area contributed by atoms with Gasteiger partial charge in [0.1, 0.15) is 0 Å². The molecule has 9 heteroatoms. The molecule has 1 aliphatic rings. The average Bonchev–Trinajstić information content (AvgIpc) is 3.06. The van der Waals surface area contributed by atoms with Crippen molar-refractivity contribution in [2.45, 2.75) is 30.6 Å². The van der Waals surface area contributed by atoms with Crippen LogP contribution < -0.4 is 0 Å². The van der Waals surface area contributed by atoms with Crippen molar-refractivity contribution < 1.29 is 4.79 Å².